The maximum absolute atomic E-state index is 14.5. The number of para-hydroxylation sites is 1. The van der Waals surface area contributed by atoms with Crippen LogP contribution in [0.3, 0.4) is 0 Å². The zero-order valence-electron chi connectivity index (χ0n) is 17.4. The predicted octanol–water partition coefficient (Wildman–Crippen LogP) is 3.39. The third kappa shape index (κ3) is 3.55. The van der Waals surface area contributed by atoms with E-state index in [1.54, 1.807) is 6.92 Å². The molecule has 2 heterocycles. The summed E-state index contributed by atoms with van der Waals surface area (Å²) in [6, 6.07) is 12.4. The number of carbonyl (C=O) groups excluding carboxylic acids is 2. The lowest BCUT2D eigenvalue weighted by atomic mass is 9.92. The van der Waals surface area contributed by atoms with Crippen LogP contribution in [0, 0.1) is 18.6 Å². The van der Waals surface area contributed by atoms with Gasteiger partial charge in [-0.2, -0.15) is 0 Å². The van der Waals surface area contributed by atoms with Crippen molar-refractivity contribution < 1.29 is 18.4 Å². The number of carbonyl (C=O) groups is 2. The minimum Gasteiger partial charge on any atom is -0.354 e. The van der Waals surface area contributed by atoms with E-state index in [-0.39, 0.29) is 12.1 Å². The molecule has 32 heavy (non-hydrogen) atoms. The minimum atomic E-state index is -1.08. The van der Waals surface area contributed by atoms with Crippen LogP contribution in [-0.2, 0) is 10.3 Å². The summed E-state index contributed by atoms with van der Waals surface area (Å²) in [4.78, 5) is 29.9. The van der Waals surface area contributed by atoms with Gasteiger partial charge >= 0.3 is 6.03 Å². The Morgan fingerprint density at radius 1 is 1.12 bits per heavy atom. The lowest BCUT2D eigenvalue weighted by molar-refractivity contribution is -0.120. The van der Waals surface area contributed by atoms with E-state index in [1.807, 2.05) is 36.4 Å². The molecule has 6 nitrogen and oxygen atoms in total. The fourth-order valence-electron chi connectivity index (χ4n) is 4.42. The molecule has 0 spiro atoms. The van der Waals surface area contributed by atoms with Gasteiger partial charge in [-0.1, -0.05) is 24.3 Å². The normalized spacial score (nSPS) is 21.3. The Morgan fingerprint density at radius 3 is 2.56 bits per heavy atom. The van der Waals surface area contributed by atoms with E-state index in [0.717, 1.165) is 16.6 Å². The summed E-state index contributed by atoms with van der Waals surface area (Å²) in [5, 5.41) is 9.15. The number of benzene rings is 2. The standard InChI is InChI=1S/C24H22F2N4O2/c1-13-10-16(25)20(17(26)11-13)15-12-27-22(31)21(15)29-23(32)30-24(8-9-24)19-7-6-14-4-2-3-5-18(14)28-19/h2-7,10-11,15,21H,8-9,12H2,1H3,(H,27,31)(H2,29,30,32)/t15-,21-/m0/s1. The molecule has 8 heteroatoms. The van der Waals surface area contributed by atoms with E-state index in [0.29, 0.717) is 18.4 Å². The molecule has 0 unspecified atom stereocenters. The van der Waals surface area contributed by atoms with Gasteiger partial charge in [0.05, 0.1) is 16.7 Å². The first-order valence-corrected chi connectivity index (χ1v) is 10.5. The minimum absolute atomic E-state index is 0.0397. The van der Waals surface area contributed by atoms with Crippen molar-refractivity contribution in [1.82, 2.24) is 20.9 Å². The molecule has 1 aromatic heterocycles. The van der Waals surface area contributed by atoms with Crippen LogP contribution in [0.5, 0.6) is 0 Å². The van der Waals surface area contributed by atoms with E-state index >= 15 is 0 Å². The van der Waals surface area contributed by atoms with E-state index in [2.05, 4.69) is 20.9 Å². The summed E-state index contributed by atoms with van der Waals surface area (Å²) in [6.07, 6.45) is 1.43. The van der Waals surface area contributed by atoms with E-state index in [4.69, 9.17) is 0 Å². The molecule has 0 radical (unpaired) electrons. The molecular weight excluding hydrogens is 414 g/mol. The average molecular weight is 436 g/mol. The molecule has 1 saturated heterocycles. The predicted molar refractivity (Wildman–Crippen MR) is 115 cm³/mol. The van der Waals surface area contributed by atoms with Crippen LogP contribution < -0.4 is 16.0 Å². The number of fused-ring (bicyclic) bond motifs is 1. The second kappa shape index (κ2) is 7.55. The highest BCUT2D eigenvalue weighted by molar-refractivity contribution is 5.90. The van der Waals surface area contributed by atoms with Crippen LogP contribution in [-0.4, -0.2) is 29.5 Å². The number of urea groups is 1. The van der Waals surface area contributed by atoms with Gasteiger partial charge in [-0.15, -0.1) is 0 Å². The molecule has 3 aromatic rings. The molecule has 1 saturated carbocycles. The lowest BCUT2D eigenvalue weighted by Crippen LogP contribution is -2.50. The van der Waals surface area contributed by atoms with Crippen LogP contribution in [0.25, 0.3) is 10.9 Å². The molecular formula is C24H22F2N4O2. The Bertz CT molecular complexity index is 1220. The van der Waals surface area contributed by atoms with Crippen LogP contribution >= 0.6 is 0 Å². The molecule has 3 N–H and O–H groups in total. The second-order valence-electron chi connectivity index (χ2n) is 8.54. The van der Waals surface area contributed by atoms with E-state index in [1.165, 1.54) is 12.1 Å². The number of nitrogens with zero attached hydrogens (tertiary/aromatic N) is 1. The number of hydrogen-bond donors (Lipinski definition) is 3. The van der Waals surface area contributed by atoms with Gasteiger partial charge < -0.3 is 16.0 Å². The fourth-order valence-corrected chi connectivity index (χ4v) is 4.42. The Balaban J connectivity index is 1.35. The van der Waals surface area contributed by atoms with Crippen molar-refractivity contribution in [3.8, 4) is 0 Å². The van der Waals surface area contributed by atoms with Crippen molar-refractivity contribution in [2.45, 2.75) is 37.3 Å². The number of aromatic nitrogens is 1. The maximum Gasteiger partial charge on any atom is 0.316 e. The number of hydrogen-bond acceptors (Lipinski definition) is 3. The highest BCUT2D eigenvalue weighted by Crippen LogP contribution is 2.45. The smallest absolute Gasteiger partial charge is 0.316 e. The van der Waals surface area contributed by atoms with Crippen molar-refractivity contribution in [3.63, 3.8) is 0 Å². The average Bonchev–Trinajstić information content (AvgIpc) is 3.45. The molecule has 0 bridgehead atoms. The molecule has 1 aliphatic carbocycles. The van der Waals surface area contributed by atoms with Gasteiger partial charge in [0.1, 0.15) is 17.7 Å². The zero-order valence-corrected chi connectivity index (χ0v) is 17.4. The summed E-state index contributed by atoms with van der Waals surface area (Å²) in [5.74, 6) is -2.77. The molecule has 2 fully saturated rings. The molecule has 3 amide bonds. The number of amides is 3. The van der Waals surface area contributed by atoms with Gasteiger partial charge in [0, 0.05) is 23.4 Å². The first kappa shape index (κ1) is 20.4. The van der Waals surface area contributed by atoms with Gasteiger partial charge in [-0.05, 0) is 49.6 Å². The SMILES string of the molecule is Cc1cc(F)c([C@@H]2CNC(=O)[C@H]2NC(=O)NC2(c3ccc4ccccc4n3)CC2)c(F)c1. The van der Waals surface area contributed by atoms with Crippen molar-refractivity contribution in [3.05, 3.63) is 77.0 Å². The highest BCUT2D eigenvalue weighted by atomic mass is 19.1. The quantitative estimate of drug-likeness (QED) is 0.586. The molecule has 2 aliphatic rings. The van der Waals surface area contributed by atoms with Crippen LogP contribution in [0.4, 0.5) is 13.6 Å². The number of pyridine rings is 1. The van der Waals surface area contributed by atoms with Crippen molar-refractivity contribution >= 4 is 22.8 Å². The van der Waals surface area contributed by atoms with E-state index in [9.17, 15) is 18.4 Å². The van der Waals surface area contributed by atoms with Crippen molar-refractivity contribution in [1.29, 1.82) is 0 Å². The summed E-state index contributed by atoms with van der Waals surface area (Å²) in [7, 11) is 0. The van der Waals surface area contributed by atoms with Gasteiger partial charge in [0.25, 0.3) is 0 Å². The van der Waals surface area contributed by atoms with Crippen LogP contribution in [0.15, 0.2) is 48.5 Å². The van der Waals surface area contributed by atoms with Crippen molar-refractivity contribution in [2.24, 2.45) is 0 Å². The summed E-state index contributed by atoms with van der Waals surface area (Å²) in [5.41, 5.74) is 1.21. The molecule has 5 rings (SSSR count). The molecule has 2 aromatic carbocycles. The van der Waals surface area contributed by atoms with Gasteiger partial charge in [0.15, 0.2) is 0 Å². The number of nitrogens with one attached hydrogen (secondary N) is 3. The first-order valence-electron chi connectivity index (χ1n) is 10.5. The third-order valence-corrected chi connectivity index (χ3v) is 6.25. The van der Waals surface area contributed by atoms with Crippen LogP contribution in [0.1, 0.15) is 35.6 Å². The Kier molecular flexibility index (Phi) is 4.80. The Labute approximate surface area is 183 Å². The topological polar surface area (TPSA) is 83.1 Å². The van der Waals surface area contributed by atoms with Gasteiger partial charge in [-0.3, -0.25) is 9.78 Å². The molecule has 164 valence electrons. The summed E-state index contributed by atoms with van der Waals surface area (Å²) < 4.78 is 29.0. The zero-order chi connectivity index (χ0) is 22.5. The number of aryl methyl sites for hydroxylation is 1. The van der Waals surface area contributed by atoms with E-state index < -0.39 is 41.1 Å². The number of rotatable bonds is 4. The van der Waals surface area contributed by atoms with Crippen molar-refractivity contribution in [2.75, 3.05) is 6.54 Å². The fraction of sp³-hybridized carbons (Fsp3) is 0.292. The maximum atomic E-state index is 14.5. The van der Waals surface area contributed by atoms with Crippen LogP contribution in [0.2, 0.25) is 0 Å². The van der Waals surface area contributed by atoms with Gasteiger partial charge in [-0.25, -0.2) is 13.6 Å². The largest absolute Gasteiger partial charge is 0.354 e. The molecule has 1 aliphatic heterocycles. The second-order valence-corrected chi connectivity index (χ2v) is 8.54. The Hall–Kier alpha value is -3.55. The monoisotopic (exact) mass is 436 g/mol. The number of halogens is 2. The third-order valence-electron chi connectivity index (χ3n) is 6.25. The molecule has 2 atom stereocenters. The Morgan fingerprint density at radius 2 is 1.84 bits per heavy atom. The lowest BCUT2D eigenvalue weighted by Gasteiger charge is -2.23. The summed E-state index contributed by atoms with van der Waals surface area (Å²) in [6.45, 7) is 1.63. The first-order chi connectivity index (χ1) is 15.4. The summed E-state index contributed by atoms with van der Waals surface area (Å²) >= 11 is 0. The van der Waals surface area contributed by atoms with Gasteiger partial charge in [0.2, 0.25) is 5.91 Å². The highest BCUT2D eigenvalue weighted by Gasteiger charge is 2.48.